The van der Waals surface area contributed by atoms with E-state index in [1.165, 1.54) is 11.1 Å². The van der Waals surface area contributed by atoms with Gasteiger partial charge in [0.25, 0.3) is 0 Å². The van der Waals surface area contributed by atoms with Gasteiger partial charge in [0.1, 0.15) is 0 Å². The second-order valence-corrected chi connectivity index (χ2v) is 3.88. The van der Waals surface area contributed by atoms with Crippen molar-refractivity contribution in [2.75, 3.05) is 6.61 Å². The van der Waals surface area contributed by atoms with Crippen LogP contribution < -0.4 is 5.32 Å². The molecule has 1 aromatic carbocycles. The smallest absolute Gasteiger partial charge is 0.0582 e. The lowest BCUT2D eigenvalue weighted by molar-refractivity contribution is 0.243. The molecule has 0 aliphatic rings. The van der Waals surface area contributed by atoms with Gasteiger partial charge in [0, 0.05) is 12.1 Å². The highest BCUT2D eigenvalue weighted by atomic mass is 16.3. The van der Waals surface area contributed by atoms with Crippen LogP contribution >= 0.6 is 0 Å². The molecule has 0 saturated heterocycles. The Bertz CT molecular complexity index is 268. The summed E-state index contributed by atoms with van der Waals surface area (Å²) in [6, 6.07) is 8.90. The van der Waals surface area contributed by atoms with Crippen molar-refractivity contribution in [3.63, 3.8) is 0 Å². The normalized spacial score (nSPS) is 15.1. The maximum absolute atomic E-state index is 8.91. The van der Waals surface area contributed by atoms with Crippen molar-refractivity contribution >= 4 is 0 Å². The number of aryl methyl sites for hydroxylation is 1. The fraction of sp³-hybridized carbons (Fsp3) is 0.500. The topological polar surface area (TPSA) is 32.3 Å². The van der Waals surface area contributed by atoms with Crippen LogP contribution in [-0.2, 0) is 0 Å². The minimum atomic E-state index is 0.145. The molecule has 0 heterocycles. The predicted molar refractivity (Wildman–Crippen MR) is 59.3 cm³/mol. The van der Waals surface area contributed by atoms with Gasteiger partial charge in [-0.05, 0) is 26.3 Å². The first-order chi connectivity index (χ1) is 6.63. The average Bonchev–Trinajstić information content (AvgIpc) is 2.18. The number of rotatable bonds is 4. The highest BCUT2D eigenvalue weighted by Crippen LogP contribution is 2.13. The van der Waals surface area contributed by atoms with Crippen molar-refractivity contribution in [2.45, 2.75) is 32.9 Å². The fourth-order valence-electron chi connectivity index (χ4n) is 1.43. The third-order valence-electron chi connectivity index (χ3n) is 2.39. The van der Waals surface area contributed by atoms with Crippen LogP contribution in [-0.4, -0.2) is 17.8 Å². The Balaban J connectivity index is 2.60. The van der Waals surface area contributed by atoms with Crippen LogP contribution in [0.4, 0.5) is 0 Å². The van der Waals surface area contributed by atoms with Gasteiger partial charge in [0.05, 0.1) is 6.61 Å². The van der Waals surface area contributed by atoms with Gasteiger partial charge in [0.2, 0.25) is 0 Å². The monoisotopic (exact) mass is 193 g/mol. The molecule has 1 aromatic rings. The molecule has 2 N–H and O–H groups in total. The highest BCUT2D eigenvalue weighted by molar-refractivity contribution is 5.23. The number of nitrogens with one attached hydrogen (secondary N) is 1. The van der Waals surface area contributed by atoms with Crippen LogP contribution in [0.2, 0.25) is 0 Å². The van der Waals surface area contributed by atoms with Gasteiger partial charge in [-0.25, -0.2) is 0 Å². The molecule has 0 aliphatic carbocycles. The van der Waals surface area contributed by atoms with Crippen molar-refractivity contribution in [2.24, 2.45) is 0 Å². The van der Waals surface area contributed by atoms with Crippen LogP contribution in [0.25, 0.3) is 0 Å². The standard InChI is InChI=1S/C12H19NO/c1-9-4-6-12(7-5-9)11(3)13-10(2)8-14/h4-7,10-11,13-14H,8H2,1-3H3/t10-,11+/m1/s1. The van der Waals surface area contributed by atoms with Crippen LogP contribution in [0.5, 0.6) is 0 Å². The minimum absolute atomic E-state index is 0.145. The molecule has 0 unspecified atom stereocenters. The summed E-state index contributed by atoms with van der Waals surface area (Å²) in [7, 11) is 0. The van der Waals surface area contributed by atoms with Gasteiger partial charge in [-0.15, -0.1) is 0 Å². The molecule has 0 amide bonds. The molecule has 0 spiro atoms. The molecule has 14 heavy (non-hydrogen) atoms. The summed E-state index contributed by atoms with van der Waals surface area (Å²) in [5.74, 6) is 0. The third-order valence-corrected chi connectivity index (χ3v) is 2.39. The van der Waals surface area contributed by atoms with Gasteiger partial charge >= 0.3 is 0 Å². The van der Waals surface area contributed by atoms with E-state index in [0.29, 0.717) is 0 Å². The van der Waals surface area contributed by atoms with Crippen LogP contribution in [0.1, 0.15) is 31.0 Å². The van der Waals surface area contributed by atoms with Crippen LogP contribution in [0, 0.1) is 6.92 Å². The molecular weight excluding hydrogens is 174 g/mol. The Morgan fingerprint density at radius 2 is 1.79 bits per heavy atom. The summed E-state index contributed by atoms with van der Waals surface area (Å²) in [6.45, 7) is 6.34. The largest absolute Gasteiger partial charge is 0.395 e. The van der Waals surface area contributed by atoms with Gasteiger partial charge < -0.3 is 10.4 Å². The Labute approximate surface area is 86.0 Å². The molecular formula is C12H19NO. The summed E-state index contributed by atoms with van der Waals surface area (Å²) in [4.78, 5) is 0. The first kappa shape index (κ1) is 11.2. The maximum atomic E-state index is 8.91. The van der Waals surface area contributed by atoms with Gasteiger partial charge in [-0.2, -0.15) is 0 Å². The molecule has 0 fully saturated rings. The average molecular weight is 193 g/mol. The summed E-state index contributed by atoms with van der Waals surface area (Å²) in [5.41, 5.74) is 2.53. The van der Waals surface area contributed by atoms with Crippen molar-refractivity contribution in [1.29, 1.82) is 0 Å². The molecule has 1 rings (SSSR count). The van der Waals surface area contributed by atoms with Crippen molar-refractivity contribution in [3.05, 3.63) is 35.4 Å². The second kappa shape index (κ2) is 5.13. The van der Waals surface area contributed by atoms with E-state index in [4.69, 9.17) is 5.11 Å². The second-order valence-electron chi connectivity index (χ2n) is 3.88. The van der Waals surface area contributed by atoms with Crippen LogP contribution in [0.3, 0.4) is 0 Å². The maximum Gasteiger partial charge on any atom is 0.0582 e. The molecule has 0 aliphatic heterocycles. The van der Waals surface area contributed by atoms with Gasteiger partial charge in [-0.3, -0.25) is 0 Å². The summed E-state index contributed by atoms with van der Waals surface area (Å²) >= 11 is 0. The Kier molecular flexibility index (Phi) is 4.11. The lowest BCUT2D eigenvalue weighted by Gasteiger charge is -2.18. The van der Waals surface area contributed by atoms with E-state index in [9.17, 15) is 0 Å². The first-order valence-electron chi connectivity index (χ1n) is 5.07. The zero-order chi connectivity index (χ0) is 10.6. The summed E-state index contributed by atoms with van der Waals surface area (Å²) in [6.07, 6.45) is 0. The molecule has 2 nitrogen and oxygen atoms in total. The summed E-state index contributed by atoms with van der Waals surface area (Å²) < 4.78 is 0. The van der Waals surface area contributed by atoms with E-state index < -0.39 is 0 Å². The number of aliphatic hydroxyl groups is 1. The van der Waals surface area contributed by atoms with Gasteiger partial charge in [-0.1, -0.05) is 29.8 Å². The number of aliphatic hydroxyl groups excluding tert-OH is 1. The Morgan fingerprint density at radius 3 is 2.29 bits per heavy atom. The molecule has 2 atom stereocenters. The zero-order valence-corrected chi connectivity index (χ0v) is 9.12. The third kappa shape index (κ3) is 3.13. The Hall–Kier alpha value is -0.860. The molecule has 78 valence electrons. The zero-order valence-electron chi connectivity index (χ0n) is 9.12. The minimum Gasteiger partial charge on any atom is -0.395 e. The summed E-state index contributed by atoms with van der Waals surface area (Å²) in [5, 5.41) is 12.2. The Morgan fingerprint density at radius 1 is 1.21 bits per heavy atom. The lowest BCUT2D eigenvalue weighted by Crippen LogP contribution is -2.31. The number of benzene rings is 1. The van der Waals surface area contributed by atoms with E-state index >= 15 is 0 Å². The number of hydrogen-bond acceptors (Lipinski definition) is 2. The fourth-order valence-corrected chi connectivity index (χ4v) is 1.43. The lowest BCUT2D eigenvalue weighted by atomic mass is 10.1. The SMILES string of the molecule is Cc1ccc([C@H](C)N[C@H](C)CO)cc1. The van der Waals surface area contributed by atoms with E-state index in [1.54, 1.807) is 0 Å². The molecule has 0 aromatic heterocycles. The number of hydrogen-bond donors (Lipinski definition) is 2. The van der Waals surface area contributed by atoms with Crippen molar-refractivity contribution in [3.8, 4) is 0 Å². The van der Waals surface area contributed by atoms with E-state index in [1.807, 2.05) is 6.92 Å². The van der Waals surface area contributed by atoms with Crippen molar-refractivity contribution < 1.29 is 5.11 Å². The van der Waals surface area contributed by atoms with E-state index in [-0.39, 0.29) is 18.7 Å². The predicted octanol–water partition coefficient (Wildman–Crippen LogP) is 2.03. The van der Waals surface area contributed by atoms with Crippen LogP contribution in [0.15, 0.2) is 24.3 Å². The first-order valence-corrected chi connectivity index (χ1v) is 5.07. The highest BCUT2D eigenvalue weighted by Gasteiger charge is 2.07. The molecule has 2 heteroatoms. The quantitative estimate of drug-likeness (QED) is 0.767. The van der Waals surface area contributed by atoms with Crippen molar-refractivity contribution in [1.82, 2.24) is 5.32 Å². The molecule has 0 saturated carbocycles. The molecule has 0 bridgehead atoms. The van der Waals surface area contributed by atoms with E-state index in [2.05, 4.69) is 43.4 Å². The van der Waals surface area contributed by atoms with Gasteiger partial charge in [0.15, 0.2) is 0 Å². The van der Waals surface area contributed by atoms with E-state index in [0.717, 1.165) is 0 Å². The molecule has 0 radical (unpaired) electrons.